The van der Waals surface area contributed by atoms with Crippen LogP contribution >= 0.6 is 0 Å². The number of nitrogens with zero attached hydrogens (tertiary/aromatic N) is 7. The Labute approximate surface area is 228 Å². The summed E-state index contributed by atoms with van der Waals surface area (Å²) in [6, 6.07) is 1.91. The molecule has 12 nitrogen and oxygen atoms in total. The number of fused-ring (bicyclic) bond motifs is 8. The van der Waals surface area contributed by atoms with Crippen LogP contribution in [0.5, 0.6) is 0 Å². The van der Waals surface area contributed by atoms with E-state index in [-0.39, 0.29) is 5.60 Å². The van der Waals surface area contributed by atoms with Gasteiger partial charge in [-0.1, -0.05) is 5.21 Å². The number of aryl methyl sites for hydroxylation is 1. The van der Waals surface area contributed by atoms with E-state index < -0.39 is 17.7 Å². The molecule has 0 amide bonds. The molecule has 6 bridgehead atoms. The molecule has 39 heavy (non-hydrogen) atoms. The van der Waals surface area contributed by atoms with Gasteiger partial charge in [0.05, 0.1) is 41.8 Å². The lowest BCUT2D eigenvalue weighted by Crippen LogP contribution is -2.46. The zero-order valence-electron chi connectivity index (χ0n) is 23.5. The Morgan fingerprint density at radius 1 is 1.18 bits per heavy atom. The molecule has 212 valence electrons. The van der Waals surface area contributed by atoms with Crippen LogP contribution < -0.4 is 4.90 Å². The first-order chi connectivity index (χ1) is 18.5. The smallest absolute Gasteiger partial charge is 0.337 e. The highest BCUT2D eigenvalue weighted by Gasteiger charge is 2.37. The fourth-order valence-electron chi connectivity index (χ4n) is 5.22. The quantitative estimate of drug-likeness (QED) is 0.527. The van der Waals surface area contributed by atoms with Crippen molar-refractivity contribution in [2.45, 2.75) is 90.8 Å². The number of hydrogen-bond donors (Lipinski definition) is 1. The van der Waals surface area contributed by atoms with Gasteiger partial charge < -0.3 is 24.2 Å². The molecule has 6 heterocycles. The first-order valence-electron chi connectivity index (χ1n) is 13.7. The van der Waals surface area contributed by atoms with E-state index >= 15 is 0 Å². The van der Waals surface area contributed by atoms with Crippen molar-refractivity contribution in [3.05, 3.63) is 34.9 Å². The monoisotopic (exact) mass is 541 g/mol. The highest BCUT2D eigenvalue weighted by Crippen LogP contribution is 2.37. The number of carboxylic acid groups (broad SMARTS) is 1. The Bertz CT molecular complexity index is 1320. The second-order valence-corrected chi connectivity index (χ2v) is 11.7. The zero-order valence-corrected chi connectivity index (χ0v) is 23.5. The van der Waals surface area contributed by atoms with E-state index in [1.807, 2.05) is 40.0 Å². The van der Waals surface area contributed by atoms with Gasteiger partial charge in [-0.15, -0.1) is 5.10 Å². The van der Waals surface area contributed by atoms with E-state index in [4.69, 9.17) is 24.3 Å². The van der Waals surface area contributed by atoms with Gasteiger partial charge in [0.2, 0.25) is 0 Å². The summed E-state index contributed by atoms with van der Waals surface area (Å²) in [5.41, 5.74) is 2.34. The van der Waals surface area contributed by atoms with Gasteiger partial charge in [-0.25, -0.2) is 14.5 Å². The summed E-state index contributed by atoms with van der Waals surface area (Å²) in [6.45, 7) is 13.1. The number of aliphatic carboxylic acids is 1. The fraction of sp³-hybridized carbons (Fsp3) is 0.667. The Balaban J connectivity index is 1.61. The summed E-state index contributed by atoms with van der Waals surface area (Å²) in [6.07, 6.45) is 4.09. The molecule has 1 atom stereocenters. The van der Waals surface area contributed by atoms with Gasteiger partial charge in [-0.3, -0.25) is 0 Å². The minimum absolute atomic E-state index is 0.247. The second-order valence-electron chi connectivity index (χ2n) is 11.7. The molecule has 3 aliphatic rings. The maximum atomic E-state index is 12.6. The maximum absolute atomic E-state index is 12.6. The maximum Gasteiger partial charge on any atom is 0.337 e. The summed E-state index contributed by atoms with van der Waals surface area (Å²) >= 11 is 0. The van der Waals surface area contributed by atoms with E-state index in [1.54, 1.807) is 9.20 Å². The van der Waals surface area contributed by atoms with Crippen molar-refractivity contribution in [1.82, 2.24) is 29.6 Å². The molecule has 12 heteroatoms. The third-order valence-corrected chi connectivity index (χ3v) is 7.23. The van der Waals surface area contributed by atoms with E-state index in [1.165, 1.54) is 0 Å². The average molecular weight is 542 g/mol. The lowest BCUT2D eigenvalue weighted by Gasteiger charge is -2.41. The summed E-state index contributed by atoms with van der Waals surface area (Å²) in [5.74, 6) is -0.357. The highest BCUT2D eigenvalue weighted by molar-refractivity contribution is 5.78. The van der Waals surface area contributed by atoms with Gasteiger partial charge in [0.25, 0.3) is 0 Å². The summed E-state index contributed by atoms with van der Waals surface area (Å²) in [5, 5.41) is 23.6. The molecule has 1 saturated heterocycles. The van der Waals surface area contributed by atoms with Crippen LogP contribution in [0.4, 0.5) is 5.82 Å². The van der Waals surface area contributed by atoms with Gasteiger partial charge >= 0.3 is 5.97 Å². The third kappa shape index (κ3) is 6.23. The Morgan fingerprint density at radius 2 is 1.92 bits per heavy atom. The van der Waals surface area contributed by atoms with Crippen LogP contribution in [-0.4, -0.2) is 78.2 Å². The van der Waals surface area contributed by atoms with E-state index in [0.29, 0.717) is 62.2 Å². The van der Waals surface area contributed by atoms with Crippen molar-refractivity contribution in [2.24, 2.45) is 0 Å². The molecule has 0 saturated carbocycles. The molecule has 0 radical (unpaired) electrons. The topological polar surface area (TPSA) is 129 Å². The predicted molar refractivity (Wildman–Crippen MR) is 143 cm³/mol. The molecule has 6 rings (SSSR count). The normalized spacial score (nSPS) is 19.6. The largest absolute Gasteiger partial charge is 0.479 e. The van der Waals surface area contributed by atoms with Crippen LogP contribution in [0.2, 0.25) is 0 Å². The van der Waals surface area contributed by atoms with E-state index in [9.17, 15) is 9.90 Å². The van der Waals surface area contributed by atoms with Crippen molar-refractivity contribution in [3.63, 3.8) is 0 Å². The molecular weight excluding hydrogens is 502 g/mol. The van der Waals surface area contributed by atoms with Gasteiger partial charge in [0.1, 0.15) is 11.5 Å². The standard InChI is InChI=1S/C27H39N7O5/c1-18-22(23(25(35)36)39-26(2,3)4)24-32-10-8-27(5,9-11-32)38-13-7-6-12-37-17-20-16-33(31-29-20)15-19-14-21(28-18)34(24)30-19/h14,16,23H,6-13,15,17H2,1-5H3,(H,35,36). The molecule has 3 aromatic rings. The molecule has 1 N–H and O–H groups in total. The Morgan fingerprint density at radius 3 is 2.64 bits per heavy atom. The van der Waals surface area contributed by atoms with Crippen molar-refractivity contribution >= 4 is 17.4 Å². The van der Waals surface area contributed by atoms with Crippen LogP contribution in [0.1, 0.15) is 82.1 Å². The molecule has 0 aromatic carbocycles. The Kier molecular flexibility index (Phi) is 7.62. The number of ether oxygens (including phenoxy) is 3. The van der Waals surface area contributed by atoms with Crippen molar-refractivity contribution in [2.75, 3.05) is 31.2 Å². The van der Waals surface area contributed by atoms with Gasteiger partial charge in [-0.05, 0) is 60.3 Å². The minimum atomic E-state index is -1.20. The first kappa shape index (κ1) is 27.5. The number of anilines is 1. The van der Waals surface area contributed by atoms with Crippen LogP contribution in [0.3, 0.4) is 0 Å². The van der Waals surface area contributed by atoms with Crippen LogP contribution in [-0.2, 0) is 32.2 Å². The van der Waals surface area contributed by atoms with Crippen molar-refractivity contribution in [1.29, 1.82) is 0 Å². The Hall–Kier alpha value is -3.09. The number of carbonyl (C=O) groups is 1. The van der Waals surface area contributed by atoms with Gasteiger partial charge in [-0.2, -0.15) is 9.61 Å². The number of rotatable bonds is 3. The van der Waals surface area contributed by atoms with Crippen LogP contribution in [0.25, 0.3) is 5.65 Å². The summed E-state index contributed by atoms with van der Waals surface area (Å²) < 4.78 is 21.7. The molecular formula is C27H39N7O5. The second kappa shape index (κ2) is 10.8. The SMILES string of the molecule is Cc1nc2cc3nn2c(c1C(OC(C)(C)C)C(=O)O)N1CCC(C)(CC1)OCCCCOCc1cn(nn1)C3. The minimum Gasteiger partial charge on any atom is -0.479 e. The average Bonchev–Trinajstić information content (AvgIpc) is 3.47. The van der Waals surface area contributed by atoms with E-state index in [0.717, 1.165) is 37.1 Å². The molecule has 0 spiro atoms. The molecule has 1 unspecified atom stereocenters. The van der Waals surface area contributed by atoms with Crippen molar-refractivity contribution < 1.29 is 24.1 Å². The summed E-state index contributed by atoms with van der Waals surface area (Å²) in [4.78, 5) is 19.6. The number of piperidine rings is 1. The van der Waals surface area contributed by atoms with Gasteiger partial charge in [0.15, 0.2) is 11.8 Å². The molecule has 3 aromatic heterocycles. The number of hydrogen-bond acceptors (Lipinski definition) is 9. The fourth-order valence-corrected chi connectivity index (χ4v) is 5.22. The van der Waals surface area contributed by atoms with Gasteiger partial charge in [0, 0.05) is 38.1 Å². The van der Waals surface area contributed by atoms with Crippen molar-refractivity contribution in [3.8, 4) is 0 Å². The zero-order chi connectivity index (χ0) is 27.8. The van der Waals surface area contributed by atoms with Crippen LogP contribution in [0.15, 0.2) is 12.3 Å². The lowest BCUT2D eigenvalue weighted by molar-refractivity contribution is -0.160. The molecule has 3 aliphatic heterocycles. The summed E-state index contributed by atoms with van der Waals surface area (Å²) in [7, 11) is 0. The lowest BCUT2D eigenvalue weighted by atomic mass is 9.92. The molecule has 1 fully saturated rings. The van der Waals surface area contributed by atoms with Crippen LogP contribution in [0, 0.1) is 6.92 Å². The third-order valence-electron chi connectivity index (χ3n) is 7.23. The van der Waals surface area contributed by atoms with E-state index in [2.05, 4.69) is 22.1 Å². The highest BCUT2D eigenvalue weighted by atomic mass is 16.5. The number of aromatic nitrogens is 6. The molecule has 0 aliphatic carbocycles. The predicted octanol–water partition coefficient (Wildman–Crippen LogP) is 3.30. The number of carboxylic acids is 1. The first-order valence-corrected chi connectivity index (χ1v) is 13.7.